The van der Waals surface area contributed by atoms with Crippen molar-refractivity contribution >= 4 is 22.5 Å². The van der Waals surface area contributed by atoms with Crippen LogP contribution in [0.1, 0.15) is 12.8 Å². The van der Waals surface area contributed by atoms with E-state index in [9.17, 15) is 4.79 Å². The van der Waals surface area contributed by atoms with Crippen LogP contribution in [0.25, 0.3) is 10.9 Å². The first-order valence-corrected chi connectivity index (χ1v) is 8.26. The minimum absolute atomic E-state index is 0.0694. The van der Waals surface area contributed by atoms with Crippen molar-refractivity contribution < 1.29 is 9.53 Å². The van der Waals surface area contributed by atoms with Gasteiger partial charge in [0.2, 0.25) is 5.91 Å². The van der Waals surface area contributed by atoms with Crippen LogP contribution in [0.15, 0.2) is 30.5 Å². The fourth-order valence-corrected chi connectivity index (χ4v) is 2.97. The summed E-state index contributed by atoms with van der Waals surface area (Å²) in [6.07, 6.45) is 3.73. The minimum Gasteiger partial charge on any atom is -0.381 e. The first-order valence-electron chi connectivity index (χ1n) is 8.26. The van der Waals surface area contributed by atoms with Crippen molar-refractivity contribution in [2.75, 3.05) is 39.2 Å². The van der Waals surface area contributed by atoms with Crippen LogP contribution in [0.5, 0.6) is 0 Å². The van der Waals surface area contributed by atoms with E-state index >= 15 is 0 Å². The van der Waals surface area contributed by atoms with Crippen LogP contribution in [-0.4, -0.2) is 49.2 Å². The van der Waals surface area contributed by atoms with E-state index in [2.05, 4.69) is 53.3 Å². The van der Waals surface area contributed by atoms with Gasteiger partial charge in [-0.1, -0.05) is 6.07 Å². The van der Waals surface area contributed by atoms with E-state index < -0.39 is 0 Å². The van der Waals surface area contributed by atoms with Gasteiger partial charge in [-0.15, -0.1) is 0 Å². The highest BCUT2D eigenvalue weighted by molar-refractivity contribution is 5.95. The van der Waals surface area contributed by atoms with Gasteiger partial charge in [0.05, 0.1) is 5.52 Å². The Labute approximate surface area is 137 Å². The summed E-state index contributed by atoms with van der Waals surface area (Å²) < 4.78 is 7.56. The van der Waals surface area contributed by atoms with E-state index in [1.165, 1.54) is 5.39 Å². The number of nitrogens with zero attached hydrogens (tertiary/aromatic N) is 2. The molecule has 0 saturated carbocycles. The van der Waals surface area contributed by atoms with Crippen molar-refractivity contribution in [2.24, 2.45) is 5.92 Å². The Morgan fingerprint density at radius 3 is 2.83 bits per heavy atom. The monoisotopic (exact) mass is 315 g/mol. The molecule has 0 unspecified atom stereocenters. The lowest BCUT2D eigenvalue weighted by molar-refractivity contribution is -0.122. The second kappa shape index (κ2) is 7.15. The Balaban J connectivity index is 1.73. The van der Waals surface area contributed by atoms with Crippen molar-refractivity contribution in [3.63, 3.8) is 0 Å². The molecule has 1 aromatic carbocycles. The normalized spacial score (nSPS) is 16.1. The van der Waals surface area contributed by atoms with Crippen molar-refractivity contribution in [2.45, 2.75) is 19.4 Å². The van der Waals surface area contributed by atoms with Gasteiger partial charge in [0.25, 0.3) is 0 Å². The minimum atomic E-state index is 0.0694. The maximum absolute atomic E-state index is 12.4. The summed E-state index contributed by atoms with van der Waals surface area (Å²) in [5, 5.41) is 4.27. The van der Waals surface area contributed by atoms with Crippen molar-refractivity contribution in [1.29, 1.82) is 0 Å². The maximum atomic E-state index is 12.4. The number of carbonyl (C=O) groups excluding carboxylic acids is 1. The smallest absolute Gasteiger partial charge is 0.227 e. The fraction of sp³-hybridized carbons (Fsp3) is 0.500. The van der Waals surface area contributed by atoms with E-state index in [4.69, 9.17) is 4.74 Å². The number of benzene rings is 1. The van der Waals surface area contributed by atoms with Gasteiger partial charge in [-0.3, -0.25) is 4.79 Å². The third kappa shape index (κ3) is 3.92. The number of anilines is 1. The summed E-state index contributed by atoms with van der Waals surface area (Å²) in [4.78, 5) is 14.5. The lowest BCUT2D eigenvalue weighted by atomic mass is 9.99. The first-order chi connectivity index (χ1) is 11.1. The lowest BCUT2D eigenvalue weighted by Gasteiger charge is -2.21. The van der Waals surface area contributed by atoms with Gasteiger partial charge in [0, 0.05) is 44.1 Å². The Hall–Kier alpha value is -1.85. The Morgan fingerprint density at radius 1 is 1.30 bits per heavy atom. The highest BCUT2D eigenvalue weighted by atomic mass is 16.5. The molecule has 1 fully saturated rings. The number of likely N-dealkylation sites (N-methyl/N-ethyl adjacent to an activating group) is 1. The molecule has 0 bridgehead atoms. The van der Waals surface area contributed by atoms with Gasteiger partial charge < -0.3 is 19.5 Å². The molecule has 5 heteroatoms. The number of carbonyl (C=O) groups is 1. The molecule has 0 atom stereocenters. The van der Waals surface area contributed by atoms with Crippen molar-refractivity contribution in [1.82, 2.24) is 9.47 Å². The molecule has 3 rings (SSSR count). The molecule has 0 spiro atoms. The molecule has 1 saturated heterocycles. The number of fused-ring (bicyclic) bond motifs is 1. The zero-order chi connectivity index (χ0) is 16.2. The second-order valence-electron chi connectivity index (χ2n) is 6.46. The fourth-order valence-electron chi connectivity index (χ4n) is 2.97. The molecule has 0 aliphatic carbocycles. The highest BCUT2D eigenvalue weighted by Crippen LogP contribution is 2.22. The summed E-state index contributed by atoms with van der Waals surface area (Å²) in [6, 6.07) is 8.24. The summed E-state index contributed by atoms with van der Waals surface area (Å²) in [5.41, 5.74) is 2.04. The molecule has 0 radical (unpaired) electrons. The average molecular weight is 315 g/mol. The molecule has 1 aromatic heterocycles. The zero-order valence-electron chi connectivity index (χ0n) is 13.9. The molecule has 1 aliphatic rings. The average Bonchev–Trinajstić information content (AvgIpc) is 2.96. The number of aromatic nitrogens is 1. The number of ether oxygens (including phenoxy) is 1. The Morgan fingerprint density at radius 2 is 2.09 bits per heavy atom. The third-order valence-corrected chi connectivity index (χ3v) is 4.42. The van der Waals surface area contributed by atoms with E-state index in [0.29, 0.717) is 13.2 Å². The molecule has 1 aliphatic heterocycles. The van der Waals surface area contributed by atoms with Gasteiger partial charge in [-0.2, -0.15) is 0 Å². The van der Waals surface area contributed by atoms with Crippen LogP contribution < -0.4 is 5.32 Å². The van der Waals surface area contributed by atoms with E-state index in [-0.39, 0.29) is 11.8 Å². The number of amides is 1. The van der Waals surface area contributed by atoms with Crippen LogP contribution in [0.2, 0.25) is 0 Å². The van der Waals surface area contributed by atoms with Gasteiger partial charge in [0.15, 0.2) is 0 Å². The Bertz CT molecular complexity index is 672. The van der Waals surface area contributed by atoms with Crippen molar-refractivity contribution in [3.05, 3.63) is 30.5 Å². The summed E-state index contributed by atoms with van der Waals surface area (Å²) >= 11 is 0. The molecular weight excluding hydrogens is 290 g/mol. The predicted octanol–water partition coefficient (Wildman–Crippen LogP) is 2.57. The van der Waals surface area contributed by atoms with Gasteiger partial charge in [0.1, 0.15) is 0 Å². The topological polar surface area (TPSA) is 46.5 Å². The number of rotatable bonds is 5. The highest BCUT2D eigenvalue weighted by Gasteiger charge is 2.21. The quantitative estimate of drug-likeness (QED) is 0.922. The molecule has 1 N–H and O–H groups in total. The van der Waals surface area contributed by atoms with Gasteiger partial charge in [-0.25, -0.2) is 0 Å². The standard InChI is InChI=1S/C18H25N3O2/c1-20(2)9-10-21-8-5-14-3-4-16(13-17(14)21)19-18(22)15-6-11-23-12-7-15/h3-5,8,13,15H,6-7,9-12H2,1-2H3,(H,19,22). The number of nitrogens with one attached hydrogen (secondary N) is 1. The van der Waals surface area contributed by atoms with Gasteiger partial charge in [-0.05, 0) is 50.5 Å². The van der Waals surface area contributed by atoms with Crippen LogP contribution >= 0.6 is 0 Å². The zero-order valence-corrected chi connectivity index (χ0v) is 13.9. The van der Waals surface area contributed by atoms with Gasteiger partial charge >= 0.3 is 0 Å². The maximum Gasteiger partial charge on any atom is 0.227 e. The molecule has 124 valence electrons. The molecule has 1 amide bonds. The first kappa shape index (κ1) is 16.0. The molecule has 2 aromatic rings. The molecular formula is C18H25N3O2. The third-order valence-electron chi connectivity index (χ3n) is 4.42. The molecule has 2 heterocycles. The molecule has 5 nitrogen and oxygen atoms in total. The van der Waals surface area contributed by atoms with Crippen LogP contribution in [0.4, 0.5) is 5.69 Å². The van der Waals surface area contributed by atoms with Crippen molar-refractivity contribution in [3.8, 4) is 0 Å². The van der Waals surface area contributed by atoms with E-state index in [0.717, 1.165) is 37.1 Å². The summed E-state index contributed by atoms with van der Waals surface area (Å²) in [5.74, 6) is 0.180. The Kier molecular flexibility index (Phi) is 4.98. The largest absolute Gasteiger partial charge is 0.381 e. The van der Waals surface area contributed by atoms with E-state index in [1.807, 2.05) is 6.07 Å². The number of hydrogen-bond donors (Lipinski definition) is 1. The SMILES string of the molecule is CN(C)CCn1ccc2ccc(NC(=O)C3CCOCC3)cc21. The van der Waals surface area contributed by atoms with Crippen LogP contribution in [0, 0.1) is 5.92 Å². The summed E-state index contributed by atoms with van der Waals surface area (Å²) in [7, 11) is 4.15. The summed E-state index contributed by atoms with van der Waals surface area (Å²) in [6.45, 7) is 3.30. The number of hydrogen-bond acceptors (Lipinski definition) is 3. The lowest BCUT2D eigenvalue weighted by Crippen LogP contribution is -2.28. The van der Waals surface area contributed by atoms with Crippen LogP contribution in [0.3, 0.4) is 0 Å². The molecule has 23 heavy (non-hydrogen) atoms. The van der Waals surface area contributed by atoms with Crippen LogP contribution in [-0.2, 0) is 16.1 Å². The predicted molar refractivity (Wildman–Crippen MR) is 92.7 cm³/mol. The van der Waals surface area contributed by atoms with E-state index in [1.54, 1.807) is 0 Å². The second-order valence-corrected chi connectivity index (χ2v) is 6.46.